The second kappa shape index (κ2) is 2.99. The molecule has 0 spiro atoms. The molecule has 0 radical (unpaired) electrons. The standard InChI is InChI=1S/C9H12O2/c1-3-4-7-5-8(10)6(2)9(7)11/h3-4,6-7H,5H2,1-2H3/b4-3+. The van der Waals surface area contributed by atoms with Crippen LogP contribution in [0.4, 0.5) is 0 Å². The summed E-state index contributed by atoms with van der Waals surface area (Å²) < 4.78 is 0. The molecule has 11 heavy (non-hydrogen) atoms. The molecule has 0 aromatic heterocycles. The Morgan fingerprint density at radius 2 is 2.09 bits per heavy atom. The summed E-state index contributed by atoms with van der Waals surface area (Å²) in [5.74, 6) is -0.343. The van der Waals surface area contributed by atoms with Crippen molar-refractivity contribution in [2.24, 2.45) is 11.8 Å². The van der Waals surface area contributed by atoms with E-state index in [2.05, 4.69) is 0 Å². The Morgan fingerprint density at radius 3 is 2.45 bits per heavy atom. The Bertz CT molecular complexity index is 216. The van der Waals surface area contributed by atoms with Crippen LogP contribution in [0.2, 0.25) is 0 Å². The Labute approximate surface area is 66.3 Å². The van der Waals surface area contributed by atoms with E-state index < -0.39 is 0 Å². The van der Waals surface area contributed by atoms with E-state index in [4.69, 9.17) is 0 Å². The lowest BCUT2D eigenvalue weighted by atomic mass is 10.0. The SMILES string of the molecule is C/C=C/C1CC(=O)C(C)C1=O. The molecule has 2 atom stereocenters. The molecule has 1 rings (SSSR count). The Hall–Kier alpha value is -0.920. The Morgan fingerprint density at radius 1 is 1.45 bits per heavy atom. The second-order valence-electron chi connectivity index (χ2n) is 2.93. The molecule has 0 aromatic rings. The third-order valence-electron chi connectivity index (χ3n) is 2.12. The maximum absolute atomic E-state index is 11.2. The fraction of sp³-hybridized carbons (Fsp3) is 0.556. The molecule has 60 valence electrons. The molecule has 1 aliphatic carbocycles. The lowest BCUT2D eigenvalue weighted by Crippen LogP contribution is -2.11. The maximum atomic E-state index is 11.2. The molecule has 0 N–H and O–H groups in total. The van der Waals surface area contributed by atoms with Crippen LogP contribution in [0.5, 0.6) is 0 Å². The molecule has 1 aliphatic rings. The van der Waals surface area contributed by atoms with Gasteiger partial charge in [-0.25, -0.2) is 0 Å². The number of rotatable bonds is 1. The highest BCUT2D eigenvalue weighted by molar-refractivity contribution is 6.10. The van der Waals surface area contributed by atoms with E-state index in [1.165, 1.54) is 0 Å². The van der Waals surface area contributed by atoms with Gasteiger partial charge in [-0.05, 0) is 13.8 Å². The number of hydrogen-bond donors (Lipinski definition) is 0. The molecule has 0 heterocycles. The minimum Gasteiger partial charge on any atom is -0.299 e. The van der Waals surface area contributed by atoms with E-state index >= 15 is 0 Å². The predicted molar refractivity (Wildman–Crippen MR) is 42.1 cm³/mol. The van der Waals surface area contributed by atoms with Gasteiger partial charge in [-0.1, -0.05) is 12.2 Å². The largest absolute Gasteiger partial charge is 0.299 e. The molecule has 2 nitrogen and oxygen atoms in total. The zero-order valence-electron chi connectivity index (χ0n) is 6.83. The van der Waals surface area contributed by atoms with Gasteiger partial charge < -0.3 is 0 Å². The van der Waals surface area contributed by atoms with E-state index in [-0.39, 0.29) is 23.4 Å². The van der Waals surface area contributed by atoms with E-state index in [9.17, 15) is 9.59 Å². The summed E-state index contributed by atoms with van der Waals surface area (Å²) in [5.41, 5.74) is 0. The number of ketones is 2. The summed E-state index contributed by atoms with van der Waals surface area (Å²) in [6.45, 7) is 3.55. The van der Waals surface area contributed by atoms with Crippen molar-refractivity contribution in [3.05, 3.63) is 12.2 Å². The average molecular weight is 152 g/mol. The van der Waals surface area contributed by atoms with Crippen LogP contribution >= 0.6 is 0 Å². The molecule has 0 aliphatic heterocycles. The van der Waals surface area contributed by atoms with Gasteiger partial charge in [0.1, 0.15) is 11.6 Å². The molecule has 2 unspecified atom stereocenters. The molecule has 1 saturated carbocycles. The first-order valence-corrected chi connectivity index (χ1v) is 3.86. The van der Waals surface area contributed by atoms with Gasteiger partial charge in [0, 0.05) is 12.3 Å². The van der Waals surface area contributed by atoms with Crippen LogP contribution in [0.15, 0.2) is 12.2 Å². The zero-order chi connectivity index (χ0) is 8.43. The highest BCUT2D eigenvalue weighted by atomic mass is 16.2. The average Bonchev–Trinajstić information content (AvgIpc) is 2.19. The first kappa shape index (κ1) is 8.18. The molecular weight excluding hydrogens is 140 g/mol. The van der Waals surface area contributed by atoms with Crippen molar-refractivity contribution < 1.29 is 9.59 Å². The molecule has 0 bridgehead atoms. The highest BCUT2D eigenvalue weighted by Gasteiger charge is 2.35. The monoisotopic (exact) mass is 152 g/mol. The van der Waals surface area contributed by atoms with Crippen LogP contribution in [0.3, 0.4) is 0 Å². The van der Waals surface area contributed by atoms with Crippen molar-refractivity contribution in [1.29, 1.82) is 0 Å². The van der Waals surface area contributed by atoms with Gasteiger partial charge in [-0.2, -0.15) is 0 Å². The number of hydrogen-bond acceptors (Lipinski definition) is 2. The summed E-state index contributed by atoms with van der Waals surface area (Å²) in [7, 11) is 0. The van der Waals surface area contributed by atoms with Gasteiger partial charge in [0.2, 0.25) is 0 Å². The van der Waals surface area contributed by atoms with Gasteiger partial charge in [0.15, 0.2) is 0 Å². The van der Waals surface area contributed by atoms with Crippen LogP contribution in [-0.4, -0.2) is 11.6 Å². The van der Waals surface area contributed by atoms with E-state index in [0.29, 0.717) is 6.42 Å². The normalized spacial score (nSPS) is 32.2. The minimum atomic E-state index is -0.365. The summed E-state index contributed by atoms with van der Waals surface area (Å²) in [4.78, 5) is 22.2. The van der Waals surface area contributed by atoms with E-state index in [1.807, 2.05) is 19.1 Å². The fourth-order valence-electron chi connectivity index (χ4n) is 1.37. The number of carbonyl (C=O) groups excluding carboxylic acids is 2. The zero-order valence-corrected chi connectivity index (χ0v) is 6.83. The molecular formula is C9H12O2. The van der Waals surface area contributed by atoms with Crippen LogP contribution in [0, 0.1) is 11.8 Å². The molecule has 0 aromatic carbocycles. The van der Waals surface area contributed by atoms with Crippen LogP contribution < -0.4 is 0 Å². The first-order valence-electron chi connectivity index (χ1n) is 3.86. The molecule has 0 saturated heterocycles. The number of Topliss-reactive ketones (excluding diaryl/α,β-unsaturated/α-hetero) is 2. The van der Waals surface area contributed by atoms with Crippen LogP contribution in [-0.2, 0) is 9.59 Å². The Kier molecular flexibility index (Phi) is 2.22. The quantitative estimate of drug-likeness (QED) is 0.420. The fourth-order valence-corrected chi connectivity index (χ4v) is 1.37. The number of allylic oxidation sites excluding steroid dienone is 2. The summed E-state index contributed by atoms with van der Waals surface area (Å²) in [5, 5.41) is 0. The second-order valence-corrected chi connectivity index (χ2v) is 2.93. The Balaban J connectivity index is 2.75. The van der Waals surface area contributed by atoms with Crippen molar-refractivity contribution in [1.82, 2.24) is 0 Å². The summed E-state index contributed by atoms with van der Waals surface area (Å²) in [6, 6.07) is 0. The van der Waals surface area contributed by atoms with Crippen molar-refractivity contribution in [2.75, 3.05) is 0 Å². The summed E-state index contributed by atoms with van der Waals surface area (Å²) >= 11 is 0. The lowest BCUT2D eigenvalue weighted by molar-refractivity contribution is -0.126. The maximum Gasteiger partial charge on any atom is 0.150 e. The van der Waals surface area contributed by atoms with Gasteiger partial charge in [-0.3, -0.25) is 9.59 Å². The van der Waals surface area contributed by atoms with Gasteiger partial charge in [0.05, 0.1) is 5.92 Å². The van der Waals surface area contributed by atoms with Gasteiger partial charge >= 0.3 is 0 Å². The topological polar surface area (TPSA) is 34.1 Å². The third-order valence-corrected chi connectivity index (χ3v) is 2.12. The van der Waals surface area contributed by atoms with Crippen LogP contribution in [0.1, 0.15) is 20.3 Å². The highest BCUT2D eigenvalue weighted by Crippen LogP contribution is 2.24. The van der Waals surface area contributed by atoms with Crippen LogP contribution in [0.25, 0.3) is 0 Å². The predicted octanol–water partition coefficient (Wildman–Crippen LogP) is 1.36. The minimum absolute atomic E-state index is 0.0769. The lowest BCUT2D eigenvalue weighted by Gasteiger charge is -1.97. The molecule has 1 fully saturated rings. The molecule has 0 amide bonds. The van der Waals surface area contributed by atoms with Crippen molar-refractivity contribution in [2.45, 2.75) is 20.3 Å². The molecule has 2 heteroatoms. The van der Waals surface area contributed by atoms with Crippen molar-refractivity contribution in [3.8, 4) is 0 Å². The van der Waals surface area contributed by atoms with Crippen molar-refractivity contribution in [3.63, 3.8) is 0 Å². The van der Waals surface area contributed by atoms with E-state index in [0.717, 1.165) is 0 Å². The van der Waals surface area contributed by atoms with E-state index in [1.54, 1.807) is 6.92 Å². The van der Waals surface area contributed by atoms with Gasteiger partial charge in [-0.15, -0.1) is 0 Å². The third kappa shape index (κ3) is 1.39. The first-order chi connectivity index (χ1) is 5.16. The van der Waals surface area contributed by atoms with Crippen molar-refractivity contribution >= 4 is 11.6 Å². The summed E-state index contributed by atoms with van der Waals surface area (Å²) in [6.07, 6.45) is 4.04. The smallest absolute Gasteiger partial charge is 0.150 e. The number of carbonyl (C=O) groups is 2. The van der Waals surface area contributed by atoms with Gasteiger partial charge in [0.25, 0.3) is 0 Å².